The first-order chi connectivity index (χ1) is 10.0. The lowest BCUT2D eigenvalue weighted by Gasteiger charge is -2.15. The second kappa shape index (κ2) is 7.46. The van der Waals surface area contributed by atoms with Crippen LogP contribution in [-0.4, -0.2) is 18.1 Å². The molecule has 4 nitrogen and oxygen atoms in total. The summed E-state index contributed by atoms with van der Waals surface area (Å²) in [6, 6.07) is 7.08. The molecule has 0 aromatic heterocycles. The maximum absolute atomic E-state index is 11.9. The number of rotatable bonds is 6. The molecule has 1 amide bonds. The standard InChI is InChI=1S/C17H26N2O2/c1-12(2)11-16(18)17(20)19-13-7-9-15(10-8-13)21-14-5-3-4-6-14/h7-10,12,14,16H,3-6,11,18H2,1-2H3,(H,19,20)/t16-/m0/s1. The van der Waals surface area contributed by atoms with Crippen LogP contribution in [0.5, 0.6) is 5.75 Å². The third-order valence-corrected chi connectivity index (χ3v) is 3.79. The first-order valence-electron chi connectivity index (χ1n) is 7.88. The topological polar surface area (TPSA) is 64.4 Å². The van der Waals surface area contributed by atoms with Crippen molar-refractivity contribution >= 4 is 11.6 Å². The quantitative estimate of drug-likeness (QED) is 0.844. The van der Waals surface area contributed by atoms with Crippen molar-refractivity contribution in [3.8, 4) is 5.75 Å². The average Bonchev–Trinajstić information content (AvgIpc) is 2.93. The van der Waals surface area contributed by atoms with Gasteiger partial charge in [-0.2, -0.15) is 0 Å². The number of carbonyl (C=O) groups excluding carboxylic acids is 1. The van der Waals surface area contributed by atoms with Crippen molar-refractivity contribution in [2.45, 2.75) is 58.1 Å². The molecule has 3 N–H and O–H groups in total. The molecule has 4 heteroatoms. The van der Waals surface area contributed by atoms with E-state index in [2.05, 4.69) is 19.2 Å². The molecular formula is C17H26N2O2. The molecule has 2 rings (SSSR count). The van der Waals surface area contributed by atoms with Crippen LogP contribution in [-0.2, 0) is 4.79 Å². The van der Waals surface area contributed by atoms with E-state index in [-0.39, 0.29) is 5.91 Å². The van der Waals surface area contributed by atoms with Crippen molar-refractivity contribution in [1.29, 1.82) is 0 Å². The van der Waals surface area contributed by atoms with Crippen LogP contribution >= 0.6 is 0 Å². The Morgan fingerprint density at radius 1 is 1.29 bits per heavy atom. The number of hydrogen-bond acceptors (Lipinski definition) is 3. The van der Waals surface area contributed by atoms with Crippen LogP contribution in [0.4, 0.5) is 5.69 Å². The van der Waals surface area contributed by atoms with Crippen LogP contribution in [0.15, 0.2) is 24.3 Å². The Labute approximate surface area is 127 Å². The van der Waals surface area contributed by atoms with E-state index in [0.717, 1.165) is 24.3 Å². The summed E-state index contributed by atoms with van der Waals surface area (Å²) in [6.45, 7) is 4.12. The minimum absolute atomic E-state index is 0.131. The zero-order valence-corrected chi connectivity index (χ0v) is 13.0. The van der Waals surface area contributed by atoms with Gasteiger partial charge in [0.15, 0.2) is 0 Å². The molecule has 0 aliphatic heterocycles. The highest BCUT2D eigenvalue weighted by molar-refractivity contribution is 5.94. The molecule has 0 bridgehead atoms. The summed E-state index contributed by atoms with van der Waals surface area (Å²) >= 11 is 0. The summed E-state index contributed by atoms with van der Waals surface area (Å²) in [4.78, 5) is 11.9. The molecule has 0 heterocycles. The van der Waals surface area contributed by atoms with Gasteiger partial charge in [0.05, 0.1) is 12.1 Å². The highest BCUT2D eigenvalue weighted by atomic mass is 16.5. The van der Waals surface area contributed by atoms with Gasteiger partial charge in [0.1, 0.15) is 5.75 Å². The van der Waals surface area contributed by atoms with Crippen LogP contribution in [0.2, 0.25) is 0 Å². The van der Waals surface area contributed by atoms with E-state index < -0.39 is 6.04 Å². The van der Waals surface area contributed by atoms with E-state index in [0.29, 0.717) is 18.4 Å². The Morgan fingerprint density at radius 2 is 1.90 bits per heavy atom. The van der Waals surface area contributed by atoms with Gasteiger partial charge in [-0.25, -0.2) is 0 Å². The number of amides is 1. The van der Waals surface area contributed by atoms with Crippen LogP contribution in [0, 0.1) is 5.92 Å². The van der Waals surface area contributed by atoms with E-state index in [1.165, 1.54) is 12.8 Å². The molecule has 0 unspecified atom stereocenters. The summed E-state index contributed by atoms with van der Waals surface area (Å²) < 4.78 is 5.90. The molecule has 1 fully saturated rings. The first kappa shape index (κ1) is 15.8. The van der Waals surface area contributed by atoms with Crippen molar-refractivity contribution in [3.05, 3.63) is 24.3 Å². The summed E-state index contributed by atoms with van der Waals surface area (Å²) in [6.07, 6.45) is 5.84. The zero-order valence-electron chi connectivity index (χ0n) is 13.0. The third-order valence-electron chi connectivity index (χ3n) is 3.79. The zero-order chi connectivity index (χ0) is 15.2. The number of benzene rings is 1. The molecule has 1 aromatic carbocycles. The van der Waals surface area contributed by atoms with E-state index in [4.69, 9.17) is 10.5 Å². The van der Waals surface area contributed by atoms with E-state index in [1.807, 2.05) is 24.3 Å². The van der Waals surface area contributed by atoms with Gasteiger partial charge in [-0.3, -0.25) is 4.79 Å². The van der Waals surface area contributed by atoms with Crippen molar-refractivity contribution in [1.82, 2.24) is 0 Å². The maximum atomic E-state index is 11.9. The highest BCUT2D eigenvalue weighted by Gasteiger charge is 2.17. The summed E-state index contributed by atoms with van der Waals surface area (Å²) in [5.74, 6) is 1.15. The maximum Gasteiger partial charge on any atom is 0.241 e. The number of nitrogens with two attached hydrogens (primary N) is 1. The minimum atomic E-state index is -0.459. The van der Waals surface area contributed by atoms with Crippen molar-refractivity contribution in [2.75, 3.05) is 5.32 Å². The first-order valence-corrected chi connectivity index (χ1v) is 7.88. The van der Waals surface area contributed by atoms with Crippen molar-refractivity contribution in [2.24, 2.45) is 11.7 Å². The van der Waals surface area contributed by atoms with Crippen LogP contribution < -0.4 is 15.8 Å². The molecule has 0 spiro atoms. The van der Waals surface area contributed by atoms with E-state index in [1.54, 1.807) is 0 Å². The number of ether oxygens (including phenoxy) is 1. The second-order valence-corrected chi connectivity index (χ2v) is 6.27. The van der Waals surface area contributed by atoms with Gasteiger partial charge < -0.3 is 15.8 Å². The number of hydrogen-bond donors (Lipinski definition) is 2. The average molecular weight is 290 g/mol. The third kappa shape index (κ3) is 5.05. The smallest absolute Gasteiger partial charge is 0.241 e. The largest absolute Gasteiger partial charge is 0.490 e. The fraction of sp³-hybridized carbons (Fsp3) is 0.588. The van der Waals surface area contributed by atoms with Crippen LogP contribution in [0.25, 0.3) is 0 Å². The SMILES string of the molecule is CC(C)C[C@H](N)C(=O)Nc1ccc(OC2CCCC2)cc1. The van der Waals surface area contributed by atoms with Gasteiger partial charge in [0.25, 0.3) is 0 Å². The fourth-order valence-corrected chi connectivity index (χ4v) is 2.67. The van der Waals surface area contributed by atoms with Gasteiger partial charge in [-0.15, -0.1) is 0 Å². The molecule has 21 heavy (non-hydrogen) atoms. The molecule has 1 aliphatic carbocycles. The van der Waals surface area contributed by atoms with Gasteiger partial charge in [-0.1, -0.05) is 13.8 Å². The Kier molecular flexibility index (Phi) is 5.62. The van der Waals surface area contributed by atoms with E-state index >= 15 is 0 Å². The normalized spacial score (nSPS) is 17.0. The molecule has 1 saturated carbocycles. The number of nitrogens with one attached hydrogen (secondary N) is 1. The Morgan fingerprint density at radius 3 is 2.48 bits per heavy atom. The van der Waals surface area contributed by atoms with Gasteiger partial charge in [0, 0.05) is 5.69 Å². The predicted molar refractivity (Wildman–Crippen MR) is 85.4 cm³/mol. The number of carbonyl (C=O) groups is 1. The Hall–Kier alpha value is -1.55. The Bertz CT molecular complexity index is 450. The van der Waals surface area contributed by atoms with Crippen LogP contribution in [0.1, 0.15) is 46.0 Å². The molecule has 1 atom stereocenters. The lowest BCUT2D eigenvalue weighted by molar-refractivity contribution is -0.117. The molecule has 116 valence electrons. The van der Waals surface area contributed by atoms with E-state index in [9.17, 15) is 4.79 Å². The minimum Gasteiger partial charge on any atom is -0.490 e. The monoisotopic (exact) mass is 290 g/mol. The van der Waals surface area contributed by atoms with Gasteiger partial charge >= 0.3 is 0 Å². The Balaban J connectivity index is 1.85. The second-order valence-electron chi connectivity index (χ2n) is 6.27. The summed E-state index contributed by atoms with van der Waals surface area (Å²) in [5.41, 5.74) is 6.63. The summed E-state index contributed by atoms with van der Waals surface area (Å²) in [5, 5.41) is 2.85. The van der Waals surface area contributed by atoms with Gasteiger partial charge in [-0.05, 0) is 62.3 Å². The van der Waals surface area contributed by atoms with Gasteiger partial charge in [0.2, 0.25) is 5.91 Å². The molecule has 0 radical (unpaired) electrons. The molecular weight excluding hydrogens is 264 g/mol. The predicted octanol–water partition coefficient (Wildman–Crippen LogP) is 3.32. The van der Waals surface area contributed by atoms with Crippen LogP contribution in [0.3, 0.4) is 0 Å². The number of anilines is 1. The lowest BCUT2D eigenvalue weighted by atomic mass is 10.0. The molecule has 0 saturated heterocycles. The van der Waals surface area contributed by atoms with Crippen molar-refractivity contribution < 1.29 is 9.53 Å². The molecule has 1 aliphatic rings. The fourth-order valence-electron chi connectivity index (χ4n) is 2.67. The highest BCUT2D eigenvalue weighted by Crippen LogP contribution is 2.25. The lowest BCUT2D eigenvalue weighted by Crippen LogP contribution is -2.36. The van der Waals surface area contributed by atoms with Crippen molar-refractivity contribution in [3.63, 3.8) is 0 Å². The summed E-state index contributed by atoms with van der Waals surface area (Å²) in [7, 11) is 0. The molecule has 1 aromatic rings.